The van der Waals surface area contributed by atoms with Gasteiger partial charge in [0.2, 0.25) is 0 Å². The summed E-state index contributed by atoms with van der Waals surface area (Å²) in [5.41, 5.74) is 1.75. The SMILES string of the molecule is COc1ccc2c(C(=O)NO)nccc2c1. The molecule has 82 valence electrons. The zero-order valence-corrected chi connectivity index (χ0v) is 8.60. The molecule has 16 heavy (non-hydrogen) atoms. The molecule has 5 heteroatoms. The summed E-state index contributed by atoms with van der Waals surface area (Å²) in [6.07, 6.45) is 1.51. The van der Waals surface area contributed by atoms with Crippen molar-refractivity contribution in [2.24, 2.45) is 0 Å². The lowest BCUT2D eigenvalue weighted by atomic mass is 10.1. The van der Waals surface area contributed by atoms with Gasteiger partial charge in [-0.1, -0.05) is 0 Å². The monoisotopic (exact) mass is 218 g/mol. The van der Waals surface area contributed by atoms with Gasteiger partial charge in [-0.25, -0.2) is 5.48 Å². The molecule has 2 N–H and O–H groups in total. The van der Waals surface area contributed by atoms with Gasteiger partial charge in [-0.2, -0.15) is 0 Å². The van der Waals surface area contributed by atoms with Gasteiger partial charge in [-0.05, 0) is 29.7 Å². The minimum Gasteiger partial charge on any atom is -0.497 e. The number of rotatable bonds is 2. The molecule has 5 nitrogen and oxygen atoms in total. The van der Waals surface area contributed by atoms with Gasteiger partial charge < -0.3 is 4.74 Å². The van der Waals surface area contributed by atoms with Crippen molar-refractivity contribution >= 4 is 16.7 Å². The van der Waals surface area contributed by atoms with E-state index in [1.54, 1.807) is 36.9 Å². The van der Waals surface area contributed by atoms with E-state index in [2.05, 4.69) is 4.98 Å². The average Bonchev–Trinajstić information content (AvgIpc) is 2.36. The maximum atomic E-state index is 11.3. The number of amides is 1. The highest BCUT2D eigenvalue weighted by molar-refractivity contribution is 6.04. The normalized spacial score (nSPS) is 10.1. The fourth-order valence-electron chi connectivity index (χ4n) is 1.52. The Morgan fingerprint density at radius 3 is 2.94 bits per heavy atom. The van der Waals surface area contributed by atoms with Crippen LogP contribution in [0.5, 0.6) is 5.75 Å². The van der Waals surface area contributed by atoms with E-state index in [1.165, 1.54) is 6.20 Å². The third-order valence-corrected chi connectivity index (χ3v) is 2.29. The van der Waals surface area contributed by atoms with Crippen molar-refractivity contribution in [3.05, 3.63) is 36.2 Å². The average molecular weight is 218 g/mol. The van der Waals surface area contributed by atoms with E-state index in [1.807, 2.05) is 0 Å². The van der Waals surface area contributed by atoms with E-state index < -0.39 is 5.91 Å². The molecule has 0 atom stereocenters. The summed E-state index contributed by atoms with van der Waals surface area (Å²) < 4.78 is 5.08. The Morgan fingerprint density at radius 1 is 1.44 bits per heavy atom. The molecule has 0 fully saturated rings. The molecule has 0 aliphatic carbocycles. The number of aromatic nitrogens is 1. The Balaban J connectivity index is 2.65. The molecule has 0 radical (unpaired) electrons. The molecular weight excluding hydrogens is 208 g/mol. The summed E-state index contributed by atoms with van der Waals surface area (Å²) in [6, 6.07) is 7.03. The Bertz CT molecular complexity index is 540. The zero-order chi connectivity index (χ0) is 11.5. The largest absolute Gasteiger partial charge is 0.497 e. The highest BCUT2D eigenvalue weighted by Gasteiger charge is 2.10. The predicted octanol–water partition coefficient (Wildman–Crippen LogP) is 1.36. The van der Waals surface area contributed by atoms with Crippen molar-refractivity contribution in [1.29, 1.82) is 0 Å². The summed E-state index contributed by atoms with van der Waals surface area (Å²) in [4.78, 5) is 15.2. The number of pyridine rings is 1. The lowest BCUT2D eigenvalue weighted by Gasteiger charge is -2.05. The van der Waals surface area contributed by atoms with E-state index in [9.17, 15) is 4.79 Å². The van der Waals surface area contributed by atoms with Crippen LogP contribution in [0.1, 0.15) is 10.5 Å². The number of carbonyl (C=O) groups excluding carboxylic acids is 1. The van der Waals surface area contributed by atoms with Gasteiger partial charge >= 0.3 is 0 Å². The van der Waals surface area contributed by atoms with Crippen molar-refractivity contribution in [3.63, 3.8) is 0 Å². The van der Waals surface area contributed by atoms with Crippen LogP contribution in [-0.2, 0) is 0 Å². The van der Waals surface area contributed by atoms with Crippen LogP contribution in [0.3, 0.4) is 0 Å². The fourth-order valence-corrected chi connectivity index (χ4v) is 1.52. The van der Waals surface area contributed by atoms with Gasteiger partial charge in [0.1, 0.15) is 11.4 Å². The fraction of sp³-hybridized carbons (Fsp3) is 0.0909. The molecule has 0 bridgehead atoms. The number of carbonyl (C=O) groups is 1. The third kappa shape index (κ3) is 1.68. The standard InChI is InChI=1S/C11H10N2O3/c1-16-8-2-3-9-7(6-8)4-5-12-10(9)11(14)13-15/h2-6,15H,1H3,(H,13,14). The van der Waals surface area contributed by atoms with Crippen LogP contribution >= 0.6 is 0 Å². The van der Waals surface area contributed by atoms with Crippen LogP contribution in [0.4, 0.5) is 0 Å². The summed E-state index contributed by atoms with van der Waals surface area (Å²) in [5.74, 6) is 0.0739. The van der Waals surface area contributed by atoms with Crippen molar-refractivity contribution in [2.45, 2.75) is 0 Å². The van der Waals surface area contributed by atoms with Crippen LogP contribution in [0.2, 0.25) is 0 Å². The minimum absolute atomic E-state index is 0.183. The van der Waals surface area contributed by atoms with Crippen LogP contribution < -0.4 is 10.2 Å². The van der Waals surface area contributed by atoms with Gasteiger partial charge in [0.15, 0.2) is 0 Å². The predicted molar refractivity (Wildman–Crippen MR) is 57.5 cm³/mol. The highest BCUT2D eigenvalue weighted by Crippen LogP contribution is 2.22. The van der Waals surface area contributed by atoms with Crippen molar-refractivity contribution < 1.29 is 14.7 Å². The van der Waals surface area contributed by atoms with E-state index in [0.29, 0.717) is 11.1 Å². The first-order chi connectivity index (χ1) is 7.76. The van der Waals surface area contributed by atoms with Gasteiger partial charge in [-0.3, -0.25) is 15.0 Å². The molecule has 1 aromatic carbocycles. The summed E-state index contributed by atoms with van der Waals surface area (Å²) in [6.45, 7) is 0. The lowest BCUT2D eigenvalue weighted by Crippen LogP contribution is -2.20. The number of methoxy groups -OCH3 is 1. The molecular formula is C11H10N2O3. The zero-order valence-electron chi connectivity index (χ0n) is 8.60. The Hall–Kier alpha value is -2.14. The van der Waals surface area contributed by atoms with Crippen molar-refractivity contribution in [3.8, 4) is 5.75 Å². The van der Waals surface area contributed by atoms with E-state index in [4.69, 9.17) is 9.94 Å². The maximum absolute atomic E-state index is 11.3. The second kappa shape index (κ2) is 4.16. The minimum atomic E-state index is -0.629. The molecule has 2 aromatic rings. The van der Waals surface area contributed by atoms with Gasteiger partial charge in [0.05, 0.1) is 7.11 Å². The van der Waals surface area contributed by atoms with Crippen molar-refractivity contribution in [1.82, 2.24) is 10.5 Å². The number of nitrogens with one attached hydrogen (secondary N) is 1. The number of hydrogen-bond donors (Lipinski definition) is 2. The Kier molecular flexibility index (Phi) is 2.70. The molecule has 0 spiro atoms. The van der Waals surface area contributed by atoms with E-state index >= 15 is 0 Å². The smallest absolute Gasteiger partial charge is 0.293 e. The van der Waals surface area contributed by atoms with E-state index in [-0.39, 0.29) is 5.69 Å². The van der Waals surface area contributed by atoms with Crippen LogP contribution in [0.25, 0.3) is 10.8 Å². The number of nitrogens with zero attached hydrogens (tertiary/aromatic N) is 1. The molecule has 1 amide bonds. The number of benzene rings is 1. The molecule has 0 unspecified atom stereocenters. The molecule has 0 aliphatic rings. The van der Waals surface area contributed by atoms with Crippen LogP contribution in [0.15, 0.2) is 30.5 Å². The molecule has 1 heterocycles. The summed E-state index contributed by atoms with van der Waals surface area (Å²) in [5, 5.41) is 10.1. The third-order valence-electron chi connectivity index (χ3n) is 2.29. The summed E-state index contributed by atoms with van der Waals surface area (Å²) in [7, 11) is 1.57. The Labute approximate surface area is 91.6 Å². The Morgan fingerprint density at radius 2 is 2.25 bits per heavy atom. The second-order valence-corrected chi connectivity index (χ2v) is 3.19. The van der Waals surface area contributed by atoms with Crippen molar-refractivity contribution in [2.75, 3.05) is 7.11 Å². The molecule has 0 aliphatic heterocycles. The second-order valence-electron chi connectivity index (χ2n) is 3.19. The number of ether oxygens (including phenoxy) is 1. The molecule has 1 aromatic heterocycles. The van der Waals surface area contributed by atoms with Crippen LogP contribution in [0, 0.1) is 0 Å². The van der Waals surface area contributed by atoms with Gasteiger partial charge in [-0.15, -0.1) is 0 Å². The summed E-state index contributed by atoms with van der Waals surface area (Å²) >= 11 is 0. The molecule has 2 rings (SSSR count). The highest BCUT2D eigenvalue weighted by atomic mass is 16.5. The number of hydroxylamine groups is 1. The number of hydrogen-bond acceptors (Lipinski definition) is 4. The van der Waals surface area contributed by atoms with E-state index in [0.717, 1.165) is 5.39 Å². The molecule has 0 saturated carbocycles. The first-order valence-corrected chi connectivity index (χ1v) is 4.63. The van der Waals surface area contributed by atoms with Gasteiger partial charge in [0, 0.05) is 11.6 Å². The maximum Gasteiger partial charge on any atom is 0.293 e. The number of fused-ring (bicyclic) bond motifs is 1. The molecule has 0 saturated heterocycles. The van der Waals surface area contributed by atoms with Crippen LogP contribution in [-0.4, -0.2) is 23.2 Å². The van der Waals surface area contributed by atoms with Gasteiger partial charge in [0.25, 0.3) is 5.91 Å². The first-order valence-electron chi connectivity index (χ1n) is 4.63. The topological polar surface area (TPSA) is 71.5 Å². The first kappa shape index (κ1) is 10.4. The lowest BCUT2D eigenvalue weighted by molar-refractivity contribution is 0.0703. The quantitative estimate of drug-likeness (QED) is 0.589.